The highest BCUT2D eigenvalue weighted by molar-refractivity contribution is 7.92. The summed E-state index contributed by atoms with van der Waals surface area (Å²) in [6, 6.07) is 16.5. The molecule has 1 aliphatic heterocycles. The molecule has 7 nitrogen and oxygen atoms in total. The minimum Gasteiger partial charge on any atom is -0.246 e. The number of nitrogens with one attached hydrogen (secondary N) is 1. The van der Waals surface area contributed by atoms with Crippen LogP contribution < -0.4 is 4.72 Å². The van der Waals surface area contributed by atoms with Crippen molar-refractivity contribution in [2.24, 2.45) is 4.99 Å². The molecule has 1 aliphatic rings. The van der Waals surface area contributed by atoms with E-state index < -0.39 is 10.0 Å². The van der Waals surface area contributed by atoms with Crippen LogP contribution in [-0.2, 0) is 10.0 Å². The molecule has 1 unspecified atom stereocenters. The van der Waals surface area contributed by atoms with Gasteiger partial charge in [0.1, 0.15) is 0 Å². The lowest BCUT2D eigenvalue weighted by Gasteiger charge is -2.21. The first kappa shape index (κ1) is 17.4. The Bertz CT molecular complexity index is 1100. The second-order valence-electron chi connectivity index (χ2n) is 6.58. The van der Waals surface area contributed by atoms with Crippen molar-refractivity contribution in [2.75, 3.05) is 4.72 Å². The van der Waals surface area contributed by atoms with Crippen LogP contribution in [0.25, 0.3) is 0 Å². The van der Waals surface area contributed by atoms with Gasteiger partial charge >= 0.3 is 0 Å². The summed E-state index contributed by atoms with van der Waals surface area (Å²) < 4.78 is 29.3. The molecule has 1 N–H and O–H groups in total. The van der Waals surface area contributed by atoms with Crippen LogP contribution in [0.2, 0.25) is 0 Å². The van der Waals surface area contributed by atoms with Gasteiger partial charge in [0.05, 0.1) is 10.9 Å². The first-order valence-corrected chi connectivity index (χ1v) is 10.1. The molecule has 2 heterocycles. The van der Waals surface area contributed by atoms with Crippen molar-refractivity contribution in [3.8, 4) is 0 Å². The fourth-order valence-corrected chi connectivity index (χ4v) is 4.00. The summed E-state index contributed by atoms with van der Waals surface area (Å²) in [6.45, 7) is 3.84. The number of benzene rings is 2. The van der Waals surface area contributed by atoms with E-state index in [0.717, 1.165) is 16.8 Å². The van der Waals surface area contributed by atoms with E-state index in [9.17, 15) is 8.42 Å². The van der Waals surface area contributed by atoms with Gasteiger partial charge in [-0.05, 0) is 31.5 Å². The number of aromatic nitrogens is 3. The number of hydrogen-bond donors (Lipinski definition) is 1. The lowest BCUT2D eigenvalue weighted by molar-refractivity contribution is 0.531. The monoisotopic (exact) mass is 381 g/mol. The van der Waals surface area contributed by atoms with Gasteiger partial charge in [-0.3, -0.25) is 0 Å². The van der Waals surface area contributed by atoms with Gasteiger partial charge in [-0.2, -0.15) is 4.98 Å². The predicted molar refractivity (Wildman–Crippen MR) is 104 cm³/mol. The van der Waals surface area contributed by atoms with E-state index in [4.69, 9.17) is 0 Å². The van der Waals surface area contributed by atoms with Crippen molar-refractivity contribution < 1.29 is 8.42 Å². The zero-order valence-electron chi connectivity index (χ0n) is 15.0. The third-order valence-corrected chi connectivity index (χ3v) is 5.77. The normalized spacial score (nSPS) is 16.5. The van der Waals surface area contributed by atoms with E-state index in [1.165, 1.54) is 0 Å². The van der Waals surface area contributed by atoms with Crippen LogP contribution in [0.5, 0.6) is 0 Å². The molecule has 2 aromatic carbocycles. The molecular formula is C19H19N5O2S. The summed E-state index contributed by atoms with van der Waals surface area (Å²) in [5.74, 6) is 0.416. The predicted octanol–water partition coefficient (Wildman–Crippen LogP) is 3.47. The van der Waals surface area contributed by atoms with E-state index in [1.54, 1.807) is 28.9 Å². The number of nitrogens with zero attached hydrogens (tertiary/aromatic N) is 4. The zero-order chi connectivity index (χ0) is 19.0. The number of aryl methyl sites for hydroxylation is 1. The summed E-state index contributed by atoms with van der Waals surface area (Å²) >= 11 is 0. The Morgan fingerprint density at radius 3 is 2.44 bits per heavy atom. The summed E-state index contributed by atoms with van der Waals surface area (Å²) in [5.41, 5.74) is 2.99. The van der Waals surface area contributed by atoms with Gasteiger partial charge in [-0.1, -0.05) is 48.0 Å². The average molecular weight is 381 g/mol. The van der Waals surface area contributed by atoms with Gasteiger partial charge in [0.25, 0.3) is 16.0 Å². The van der Waals surface area contributed by atoms with Crippen LogP contribution in [-0.4, -0.2) is 28.9 Å². The smallest absolute Gasteiger partial charge is 0.246 e. The topological polar surface area (TPSA) is 89.2 Å². The lowest BCUT2D eigenvalue weighted by atomic mass is 10.0. The molecular weight excluding hydrogens is 362 g/mol. The molecule has 0 saturated heterocycles. The Morgan fingerprint density at radius 2 is 1.74 bits per heavy atom. The molecule has 0 amide bonds. The summed E-state index contributed by atoms with van der Waals surface area (Å²) in [6.07, 6.45) is 0.699. The Morgan fingerprint density at radius 1 is 1.04 bits per heavy atom. The molecule has 3 aromatic rings. The van der Waals surface area contributed by atoms with Crippen LogP contribution in [0.1, 0.15) is 30.5 Å². The average Bonchev–Trinajstić information content (AvgIpc) is 3.03. The molecule has 0 fully saturated rings. The minimum atomic E-state index is -3.76. The van der Waals surface area contributed by atoms with Crippen LogP contribution in [0.4, 0.5) is 11.9 Å². The number of fused-ring (bicyclic) bond motifs is 1. The highest BCUT2D eigenvalue weighted by atomic mass is 32.2. The molecule has 0 bridgehead atoms. The molecule has 1 atom stereocenters. The zero-order valence-corrected chi connectivity index (χ0v) is 15.8. The van der Waals surface area contributed by atoms with Gasteiger partial charge < -0.3 is 0 Å². The summed E-state index contributed by atoms with van der Waals surface area (Å²) in [7, 11) is -3.76. The van der Waals surface area contributed by atoms with Crippen molar-refractivity contribution in [1.82, 2.24) is 14.8 Å². The molecule has 8 heteroatoms. The number of sulfonamides is 1. The van der Waals surface area contributed by atoms with E-state index >= 15 is 0 Å². The molecule has 4 rings (SSSR count). The molecule has 0 spiro atoms. The highest BCUT2D eigenvalue weighted by Gasteiger charge is 2.26. The van der Waals surface area contributed by atoms with Crippen LogP contribution in [0.3, 0.4) is 0 Å². The fraction of sp³-hybridized carbons (Fsp3) is 0.211. The Balaban J connectivity index is 1.68. The Labute approximate surface area is 157 Å². The standard InChI is InChI=1S/C19H19N5O2S/c1-13-8-10-16(11-9-13)27(25,26)23-18-21-19-20-14(2)12-17(24(19)22-18)15-6-4-3-5-7-15/h3-11,17H,12H2,1-2H3,(H,22,23). The van der Waals surface area contributed by atoms with Crippen molar-refractivity contribution in [1.29, 1.82) is 0 Å². The Kier molecular flexibility index (Phi) is 4.27. The quantitative estimate of drug-likeness (QED) is 0.749. The molecule has 0 saturated carbocycles. The fourth-order valence-electron chi connectivity index (χ4n) is 3.06. The first-order valence-electron chi connectivity index (χ1n) is 8.57. The number of rotatable bonds is 4. The van der Waals surface area contributed by atoms with E-state index in [2.05, 4.69) is 19.8 Å². The van der Waals surface area contributed by atoms with Crippen molar-refractivity contribution in [2.45, 2.75) is 31.2 Å². The highest BCUT2D eigenvalue weighted by Crippen LogP contribution is 2.32. The maximum absolute atomic E-state index is 12.6. The third-order valence-electron chi connectivity index (χ3n) is 4.43. The SMILES string of the molecule is CC1=Nc2nc(NS(=O)(=O)c3ccc(C)cc3)nn2C(c2ccccc2)C1. The summed E-state index contributed by atoms with van der Waals surface area (Å²) in [5, 5.41) is 4.38. The second-order valence-corrected chi connectivity index (χ2v) is 8.26. The van der Waals surface area contributed by atoms with Gasteiger partial charge in [0.2, 0.25) is 5.95 Å². The van der Waals surface area contributed by atoms with Crippen molar-refractivity contribution in [3.05, 3.63) is 65.7 Å². The van der Waals surface area contributed by atoms with E-state index in [0.29, 0.717) is 12.4 Å². The van der Waals surface area contributed by atoms with Crippen LogP contribution >= 0.6 is 0 Å². The van der Waals surface area contributed by atoms with Gasteiger partial charge in [-0.15, -0.1) is 5.10 Å². The van der Waals surface area contributed by atoms with Gasteiger partial charge in [0.15, 0.2) is 0 Å². The molecule has 0 aliphatic carbocycles. The van der Waals surface area contributed by atoms with Crippen molar-refractivity contribution >= 4 is 27.6 Å². The van der Waals surface area contributed by atoms with Crippen LogP contribution in [0, 0.1) is 6.92 Å². The van der Waals surface area contributed by atoms with E-state index in [1.807, 2.05) is 44.2 Å². The first-order chi connectivity index (χ1) is 12.9. The number of anilines is 1. The number of aliphatic imine (C=N–C) groups is 1. The molecule has 1 aromatic heterocycles. The number of hydrogen-bond acceptors (Lipinski definition) is 5. The minimum absolute atomic E-state index is 0.0185. The molecule has 138 valence electrons. The van der Waals surface area contributed by atoms with Gasteiger partial charge in [-0.25, -0.2) is 22.8 Å². The third kappa shape index (κ3) is 3.48. The molecule has 0 radical (unpaired) electrons. The maximum atomic E-state index is 12.6. The summed E-state index contributed by atoms with van der Waals surface area (Å²) in [4.78, 5) is 8.87. The molecule has 27 heavy (non-hydrogen) atoms. The van der Waals surface area contributed by atoms with E-state index in [-0.39, 0.29) is 16.9 Å². The van der Waals surface area contributed by atoms with Crippen LogP contribution in [0.15, 0.2) is 64.5 Å². The van der Waals surface area contributed by atoms with Crippen molar-refractivity contribution in [3.63, 3.8) is 0 Å². The largest absolute Gasteiger partial charge is 0.264 e. The maximum Gasteiger partial charge on any atom is 0.264 e. The lowest BCUT2D eigenvalue weighted by Crippen LogP contribution is -2.19. The Hall–Kier alpha value is -3.00. The van der Waals surface area contributed by atoms with Gasteiger partial charge in [0, 0.05) is 12.1 Å². The second kappa shape index (κ2) is 6.62.